The number of likely N-dealkylation sites (tertiary alicyclic amines) is 1. The van der Waals surface area contributed by atoms with Crippen LogP contribution in [0.5, 0.6) is 5.88 Å². The van der Waals surface area contributed by atoms with E-state index in [-0.39, 0.29) is 5.82 Å². The smallest absolute Gasteiger partial charge is 0.257 e. The van der Waals surface area contributed by atoms with Gasteiger partial charge >= 0.3 is 0 Å². The predicted molar refractivity (Wildman–Crippen MR) is 128 cm³/mol. The number of benzene rings is 2. The van der Waals surface area contributed by atoms with Crippen LogP contribution in [0.1, 0.15) is 12.8 Å². The molecule has 5 rings (SSSR count). The van der Waals surface area contributed by atoms with Gasteiger partial charge in [-0.2, -0.15) is 5.10 Å². The highest BCUT2D eigenvalue weighted by molar-refractivity contribution is 6.35. The fourth-order valence-electron chi connectivity index (χ4n) is 4.11. The van der Waals surface area contributed by atoms with E-state index in [4.69, 9.17) is 32.0 Å². The summed E-state index contributed by atoms with van der Waals surface area (Å²) in [7, 11) is 2.15. The van der Waals surface area contributed by atoms with E-state index in [0.717, 1.165) is 48.0 Å². The molecule has 32 heavy (non-hydrogen) atoms. The number of aromatic amines is 1. The lowest BCUT2D eigenvalue weighted by Crippen LogP contribution is -2.32. The molecule has 4 aromatic rings. The van der Waals surface area contributed by atoms with Gasteiger partial charge in [0.2, 0.25) is 0 Å². The number of fused-ring (bicyclic) bond motifs is 1. The third-order valence-electron chi connectivity index (χ3n) is 6.00. The van der Waals surface area contributed by atoms with Crippen LogP contribution in [-0.2, 0) is 0 Å². The van der Waals surface area contributed by atoms with Crippen LogP contribution in [0.3, 0.4) is 0 Å². The van der Waals surface area contributed by atoms with Crippen molar-refractivity contribution in [2.45, 2.75) is 12.8 Å². The van der Waals surface area contributed by atoms with Gasteiger partial charge in [-0.05, 0) is 51.0 Å². The number of halogens is 1. The number of ether oxygens (including phenoxy) is 1. The number of nitrogens with two attached hydrogens (primary N) is 1. The summed E-state index contributed by atoms with van der Waals surface area (Å²) >= 11 is 6.52. The van der Waals surface area contributed by atoms with Gasteiger partial charge in [0.15, 0.2) is 5.82 Å². The number of hydrogen-bond donors (Lipinski definition) is 2. The van der Waals surface area contributed by atoms with E-state index in [0.29, 0.717) is 34.8 Å². The van der Waals surface area contributed by atoms with Gasteiger partial charge in [0.05, 0.1) is 29.0 Å². The first kappa shape index (κ1) is 20.7. The Balaban J connectivity index is 1.55. The molecule has 0 spiro atoms. The number of rotatable bonds is 5. The summed E-state index contributed by atoms with van der Waals surface area (Å²) in [5.41, 5.74) is 10.2. The number of H-pyrrole nitrogens is 1. The zero-order chi connectivity index (χ0) is 22.1. The normalized spacial score (nSPS) is 15.3. The fourth-order valence-corrected chi connectivity index (χ4v) is 4.38. The highest BCUT2D eigenvalue weighted by Gasteiger charge is 2.21. The van der Waals surface area contributed by atoms with E-state index >= 15 is 0 Å². The van der Waals surface area contributed by atoms with Crippen molar-refractivity contribution in [1.29, 1.82) is 0 Å². The number of nitrogen functional groups attached to an aromatic ring is 1. The van der Waals surface area contributed by atoms with Crippen LogP contribution in [0.2, 0.25) is 5.02 Å². The SMILES string of the molecule is CN1CCC(COc2nc(-c3cc(Cl)c4[nH]ncc4c3)c(-c3ccccc3)nc2N)CC1. The Bertz CT molecular complexity index is 1230. The highest BCUT2D eigenvalue weighted by atomic mass is 35.5. The van der Waals surface area contributed by atoms with Gasteiger partial charge in [-0.15, -0.1) is 0 Å². The summed E-state index contributed by atoms with van der Waals surface area (Å²) in [6.45, 7) is 2.74. The molecule has 2 aromatic carbocycles. The molecular weight excluding hydrogens is 424 g/mol. The van der Waals surface area contributed by atoms with Crippen molar-refractivity contribution in [3.63, 3.8) is 0 Å². The Morgan fingerprint density at radius 2 is 1.84 bits per heavy atom. The lowest BCUT2D eigenvalue weighted by Gasteiger charge is -2.28. The Labute approximate surface area is 191 Å². The van der Waals surface area contributed by atoms with Gasteiger partial charge in [0.25, 0.3) is 5.88 Å². The predicted octanol–water partition coefficient (Wildman–Crippen LogP) is 4.64. The van der Waals surface area contributed by atoms with E-state index in [2.05, 4.69) is 22.1 Å². The lowest BCUT2D eigenvalue weighted by atomic mass is 9.98. The van der Waals surface area contributed by atoms with Gasteiger partial charge in [0.1, 0.15) is 5.69 Å². The third kappa shape index (κ3) is 4.13. The van der Waals surface area contributed by atoms with Crippen LogP contribution in [0.4, 0.5) is 5.82 Å². The van der Waals surface area contributed by atoms with Crippen molar-refractivity contribution in [2.24, 2.45) is 5.92 Å². The molecule has 0 unspecified atom stereocenters. The van der Waals surface area contributed by atoms with E-state index in [1.54, 1.807) is 6.20 Å². The van der Waals surface area contributed by atoms with Crippen molar-refractivity contribution < 1.29 is 4.74 Å². The molecule has 0 atom stereocenters. The summed E-state index contributed by atoms with van der Waals surface area (Å²) in [6, 6.07) is 13.7. The van der Waals surface area contributed by atoms with Crippen molar-refractivity contribution in [2.75, 3.05) is 32.5 Å². The van der Waals surface area contributed by atoms with Crippen molar-refractivity contribution in [3.8, 4) is 28.4 Å². The first-order valence-corrected chi connectivity index (χ1v) is 11.1. The molecule has 164 valence electrons. The molecule has 8 heteroatoms. The summed E-state index contributed by atoms with van der Waals surface area (Å²) in [4.78, 5) is 11.9. The van der Waals surface area contributed by atoms with Crippen molar-refractivity contribution >= 4 is 28.3 Å². The number of aromatic nitrogens is 4. The molecule has 7 nitrogen and oxygen atoms in total. The second-order valence-corrected chi connectivity index (χ2v) is 8.73. The molecule has 0 bridgehead atoms. The average molecular weight is 449 g/mol. The van der Waals surface area contributed by atoms with Crippen molar-refractivity contribution in [1.82, 2.24) is 25.1 Å². The van der Waals surface area contributed by atoms with Crippen molar-refractivity contribution in [3.05, 3.63) is 53.7 Å². The number of nitrogens with one attached hydrogen (secondary N) is 1. The Kier molecular flexibility index (Phi) is 5.68. The van der Waals surface area contributed by atoms with Gasteiger partial charge in [-0.1, -0.05) is 41.9 Å². The first-order chi connectivity index (χ1) is 15.6. The largest absolute Gasteiger partial charge is 0.475 e. The van der Waals surface area contributed by atoms with Gasteiger partial charge < -0.3 is 15.4 Å². The molecule has 0 saturated carbocycles. The second kappa shape index (κ2) is 8.76. The van der Waals surface area contributed by atoms with Crippen LogP contribution >= 0.6 is 11.6 Å². The minimum Gasteiger partial charge on any atom is -0.475 e. The number of hydrogen-bond acceptors (Lipinski definition) is 6. The Morgan fingerprint density at radius 1 is 1.09 bits per heavy atom. The van der Waals surface area contributed by atoms with E-state index in [1.807, 2.05) is 42.5 Å². The first-order valence-electron chi connectivity index (χ1n) is 10.8. The quantitative estimate of drug-likeness (QED) is 0.462. The topological polar surface area (TPSA) is 93.0 Å². The van der Waals surface area contributed by atoms with Crippen LogP contribution < -0.4 is 10.5 Å². The molecule has 0 aliphatic carbocycles. The molecule has 1 aliphatic rings. The zero-order valence-corrected chi connectivity index (χ0v) is 18.6. The molecule has 3 N–H and O–H groups in total. The number of anilines is 1. The van der Waals surface area contributed by atoms with Crippen LogP contribution in [0, 0.1) is 5.92 Å². The minimum absolute atomic E-state index is 0.288. The average Bonchev–Trinajstić information content (AvgIpc) is 3.29. The molecule has 1 saturated heterocycles. The van der Waals surface area contributed by atoms with Gasteiger partial charge in [-0.3, -0.25) is 5.10 Å². The molecule has 2 aromatic heterocycles. The maximum Gasteiger partial charge on any atom is 0.257 e. The number of piperidine rings is 1. The van der Waals surface area contributed by atoms with Crippen LogP contribution in [-0.4, -0.2) is 51.8 Å². The lowest BCUT2D eigenvalue weighted by molar-refractivity contribution is 0.157. The maximum atomic E-state index is 6.52. The molecular formula is C24H25ClN6O. The maximum absolute atomic E-state index is 6.52. The third-order valence-corrected chi connectivity index (χ3v) is 6.30. The van der Waals surface area contributed by atoms with Crippen LogP contribution in [0.15, 0.2) is 48.7 Å². The standard InChI is InChI=1S/C24H25ClN6O/c1-31-9-7-15(8-10-31)14-32-24-23(26)28-21(16-5-3-2-4-6-16)22(29-24)17-11-18-13-27-30-20(18)19(25)12-17/h2-6,11-13,15H,7-10,14H2,1H3,(H2,26,28)(H,27,30). The summed E-state index contributed by atoms with van der Waals surface area (Å²) in [5.74, 6) is 1.14. The fraction of sp³-hybridized carbons (Fsp3) is 0.292. The molecule has 0 amide bonds. The Morgan fingerprint density at radius 3 is 2.62 bits per heavy atom. The van der Waals surface area contributed by atoms with Gasteiger partial charge in [0, 0.05) is 16.5 Å². The van der Waals surface area contributed by atoms with Gasteiger partial charge in [-0.25, -0.2) is 9.97 Å². The molecule has 1 fully saturated rings. The second-order valence-electron chi connectivity index (χ2n) is 8.33. The van der Waals surface area contributed by atoms with E-state index in [9.17, 15) is 0 Å². The molecule has 1 aliphatic heterocycles. The van der Waals surface area contributed by atoms with Crippen LogP contribution in [0.25, 0.3) is 33.4 Å². The zero-order valence-electron chi connectivity index (χ0n) is 17.9. The van der Waals surface area contributed by atoms with E-state index < -0.39 is 0 Å². The minimum atomic E-state index is 0.288. The Hall–Kier alpha value is -3.16. The molecule has 3 heterocycles. The summed E-state index contributed by atoms with van der Waals surface area (Å²) in [5, 5.41) is 8.50. The summed E-state index contributed by atoms with van der Waals surface area (Å²) < 4.78 is 6.10. The highest BCUT2D eigenvalue weighted by Crippen LogP contribution is 2.36. The number of nitrogens with zero attached hydrogens (tertiary/aromatic N) is 4. The summed E-state index contributed by atoms with van der Waals surface area (Å²) in [6.07, 6.45) is 3.95. The molecule has 0 radical (unpaired) electrons. The monoisotopic (exact) mass is 448 g/mol. The van der Waals surface area contributed by atoms with E-state index in [1.165, 1.54) is 0 Å².